The SMILES string of the molecule is CC(O)CN(CCCC#N)Cc1ccccc1. The van der Waals surface area contributed by atoms with Gasteiger partial charge in [0.2, 0.25) is 0 Å². The van der Waals surface area contributed by atoms with E-state index in [1.807, 2.05) is 18.2 Å². The van der Waals surface area contributed by atoms with Gasteiger partial charge < -0.3 is 5.11 Å². The summed E-state index contributed by atoms with van der Waals surface area (Å²) in [4.78, 5) is 2.19. The van der Waals surface area contributed by atoms with Crippen molar-refractivity contribution >= 4 is 0 Å². The van der Waals surface area contributed by atoms with E-state index >= 15 is 0 Å². The van der Waals surface area contributed by atoms with Gasteiger partial charge in [-0.1, -0.05) is 30.3 Å². The summed E-state index contributed by atoms with van der Waals surface area (Å²) in [6.07, 6.45) is 1.10. The fourth-order valence-electron chi connectivity index (χ4n) is 1.83. The molecule has 1 atom stereocenters. The monoisotopic (exact) mass is 232 g/mol. The molecule has 0 fully saturated rings. The van der Waals surface area contributed by atoms with E-state index in [2.05, 4.69) is 23.1 Å². The summed E-state index contributed by atoms with van der Waals surface area (Å²) in [6.45, 7) is 4.13. The molecule has 0 amide bonds. The highest BCUT2D eigenvalue weighted by Gasteiger charge is 2.08. The maximum Gasteiger partial charge on any atom is 0.0639 e. The summed E-state index contributed by atoms with van der Waals surface area (Å²) in [6, 6.07) is 12.4. The predicted molar refractivity (Wildman–Crippen MR) is 68.2 cm³/mol. The maximum atomic E-state index is 9.45. The molecule has 0 radical (unpaired) electrons. The summed E-state index contributed by atoms with van der Waals surface area (Å²) >= 11 is 0. The summed E-state index contributed by atoms with van der Waals surface area (Å²) in [7, 11) is 0. The number of hydrogen-bond acceptors (Lipinski definition) is 3. The minimum Gasteiger partial charge on any atom is -0.392 e. The molecular weight excluding hydrogens is 212 g/mol. The minimum atomic E-state index is -0.333. The van der Waals surface area contributed by atoms with Gasteiger partial charge in [-0.05, 0) is 25.5 Å². The number of aliphatic hydroxyl groups excluding tert-OH is 1. The fourth-order valence-corrected chi connectivity index (χ4v) is 1.83. The molecule has 0 aromatic heterocycles. The van der Waals surface area contributed by atoms with Crippen molar-refractivity contribution < 1.29 is 5.11 Å². The highest BCUT2D eigenvalue weighted by Crippen LogP contribution is 2.06. The lowest BCUT2D eigenvalue weighted by molar-refractivity contribution is 0.122. The van der Waals surface area contributed by atoms with Crippen molar-refractivity contribution in [3.63, 3.8) is 0 Å². The van der Waals surface area contributed by atoms with E-state index in [9.17, 15) is 5.11 Å². The van der Waals surface area contributed by atoms with Crippen molar-refractivity contribution in [1.29, 1.82) is 5.26 Å². The largest absolute Gasteiger partial charge is 0.392 e. The molecule has 3 nitrogen and oxygen atoms in total. The van der Waals surface area contributed by atoms with Gasteiger partial charge in [-0.3, -0.25) is 4.90 Å². The van der Waals surface area contributed by atoms with Crippen molar-refractivity contribution in [2.75, 3.05) is 13.1 Å². The summed E-state index contributed by atoms with van der Waals surface area (Å²) in [5, 5.41) is 18.0. The zero-order valence-electron chi connectivity index (χ0n) is 10.3. The Morgan fingerprint density at radius 3 is 2.65 bits per heavy atom. The number of unbranched alkanes of at least 4 members (excludes halogenated alkanes) is 1. The smallest absolute Gasteiger partial charge is 0.0639 e. The molecule has 0 aliphatic heterocycles. The Kier molecular flexibility index (Phi) is 6.31. The van der Waals surface area contributed by atoms with Crippen LogP contribution in [0.2, 0.25) is 0 Å². The molecule has 17 heavy (non-hydrogen) atoms. The van der Waals surface area contributed by atoms with Crippen LogP contribution < -0.4 is 0 Å². The van der Waals surface area contributed by atoms with Gasteiger partial charge in [-0.15, -0.1) is 0 Å². The van der Waals surface area contributed by atoms with Gasteiger partial charge in [-0.2, -0.15) is 5.26 Å². The van der Waals surface area contributed by atoms with Crippen LogP contribution in [0.25, 0.3) is 0 Å². The standard InChI is InChI=1S/C14H20N2O/c1-13(17)11-16(10-6-5-9-15)12-14-7-3-2-4-8-14/h2-4,7-8,13,17H,5-6,10-12H2,1H3. The molecular formula is C14H20N2O. The number of aliphatic hydroxyl groups is 1. The van der Waals surface area contributed by atoms with Gasteiger partial charge in [0.1, 0.15) is 0 Å². The van der Waals surface area contributed by atoms with E-state index in [-0.39, 0.29) is 6.10 Å². The Labute approximate surface area is 103 Å². The van der Waals surface area contributed by atoms with Crippen LogP contribution in [0, 0.1) is 11.3 Å². The number of rotatable bonds is 7. The van der Waals surface area contributed by atoms with Crippen molar-refractivity contribution in [1.82, 2.24) is 4.90 Å². The summed E-state index contributed by atoms with van der Waals surface area (Å²) in [5.41, 5.74) is 1.24. The van der Waals surface area contributed by atoms with Crippen LogP contribution in [0.1, 0.15) is 25.3 Å². The first-order valence-corrected chi connectivity index (χ1v) is 6.03. The van der Waals surface area contributed by atoms with Crippen molar-refractivity contribution in [3.05, 3.63) is 35.9 Å². The average molecular weight is 232 g/mol. The van der Waals surface area contributed by atoms with Crippen LogP contribution in [0.3, 0.4) is 0 Å². The van der Waals surface area contributed by atoms with Gasteiger partial charge in [-0.25, -0.2) is 0 Å². The topological polar surface area (TPSA) is 47.3 Å². The van der Waals surface area contributed by atoms with Crippen molar-refractivity contribution in [3.8, 4) is 6.07 Å². The van der Waals surface area contributed by atoms with Gasteiger partial charge in [0.15, 0.2) is 0 Å². The molecule has 1 aromatic rings. The van der Waals surface area contributed by atoms with Crippen molar-refractivity contribution in [2.24, 2.45) is 0 Å². The van der Waals surface area contributed by atoms with Crippen LogP contribution >= 0.6 is 0 Å². The molecule has 0 spiro atoms. The molecule has 1 aromatic carbocycles. The Hall–Kier alpha value is -1.37. The molecule has 0 aliphatic carbocycles. The first kappa shape index (κ1) is 13.7. The second kappa shape index (κ2) is 7.83. The number of hydrogen-bond donors (Lipinski definition) is 1. The quantitative estimate of drug-likeness (QED) is 0.733. The number of nitrogens with zero attached hydrogens (tertiary/aromatic N) is 2. The predicted octanol–water partition coefficient (Wildman–Crippen LogP) is 2.17. The Morgan fingerprint density at radius 1 is 1.35 bits per heavy atom. The molecule has 0 saturated heterocycles. The van der Waals surface area contributed by atoms with Gasteiger partial charge in [0.05, 0.1) is 12.2 Å². The summed E-state index contributed by atoms with van der Waals surface area (Å²) in [5.74, 6) is 0. The van der Waals surface area contributed by atoms with Crippen LogP contribution in [-0.2, 0) is 6.54 Å². The molecule has 1 unspecified atom stereocenters. The molecule has 0 bridgehead atoms. The molecule has 3 heteroatoms. The van der Waals surface area contributed by atoms with E-state index in [4.69, 9.17) is 5.26 Å². The first-order valence-electron chi connectivity index (χ1n) is 6.03. The maximum absolute atomic E-state index is 9.45. The second-order valence-corrected chi connectivity index (χ2v) is 4.33. The molecule has 1 N–H and O–H groups in total. The second-order valence-electron chi connectivity index (χ2n) is 4.33. The molecule has 1 rings (SSSR count). The number of nitriles is 1. The Balaban J connectivity index is 2.48. The van der Waals surface area contributed by atoms with Gasteiger partial charge in [0, 0.05) is 19.5 Å². The molecule has 0 saturated carbocycles. The first-order chi connectivity index (χ1) is 8.22. The lowest BCUT2D eigenvalue weighted by atomic mass is 10.2. The fraction of sp³-hybridized carbons (Fsp3) is 0.500. The molecule has 0 aliphatic rings. The van der Waals surface area contributed by atoms with Crippen LogP contribution in [0.4, 0.5) is 0 Å². The van der Waals surface area contributed by atoms with E-state index in [1.165, 1.54) is 5.56 Å². The highest BCUT2D eigenvalue weighted by atomic mass is 16.3. The lowest BCUT2D eigenvalue weighted by Gasteiger charge is -2.23. The minimum absolute atomic E-state index is 0.333. The summed E-state index contributed by atoms with van der Waals surface area (Å²) < 4.78 is 0. The Bertz CT molecular complexity index is 343. The third-order valence-electron chi connectivity index (χ3n) is 2.53. The third kappa shape index (κ3) is 6.06. The van der Waals surface area contributed by atoms with E-state index in [0.717, 1.165) is 19.5 Å². The van der Waals surface area contributed by atoms with Crippen LogP contribution in [0.15, 0.2) is 30.3 Å². The Morgan fingerprint density at radius 2 is 2.06 bits per heavy atom. The normalized spacial score (nSPS) is 12.4. The third-order valence-corrected chi connectivity index (χ3v) is 2.53. The van der Waals surface area contributed by atoms with Crippen molar-refractivity contribution in [2.45, 2.75) is 32.4 Å². The van der Waals surface area contributed by atoms with Gasteiger partial charge >= 0.3 is 0 Å². The zero-order chi connectivity index (χ0) is 12.5. The zero-order valence-corrected chi connectivity index (χ0v) is 10.3. The lowest BCUT2D eigenvalue weighted by Crippen LogP contribution is -2.31. The van der Waals surface area contributed by atoms with E-state index in [0.29, 0.717) is 13.0 Å². The van der Waals surface area contributed by atoms with E-state index in [1.54, 1.807) is 6.92 Å². The highest BCUT2D eigenvalue weighted by molar-refractivity contribution is 5.14. The molecule has 0 heterocycles. The number of benzene rings is 1. The van der Waals surface area contributed by atoms with Crippen LogP contribution in [0.5, 0.6) is 0 Å². The average Bonchev–Trinajstić information content (AvgIpc) is 2.30. The van der Waals surface area contributed by atoms with Gasteiger partial charge in [0.25, 0.3) is 0 Å². The van der Waals surface area contributed by atoms with Crippen LogP contribution in [-0.4, -0.2) is 29.2 Å². The van der Waals surface area contributed by atoms with E-state index < -0.39 is 0 Å². The molecule has 92 valence electrons.